The Morgan fingerprint density at radius 3 is 2.62 bits per heavy atom. The molecule has 2 heterocycles. The Hall–Kier alpha value is -2.73. The molecule has 0 radical (unpaired) electrons. The monoisotopic (exact) mass is 324 g/mol. The van der Waals surface area contributed by atoms with Gasteiger partial charge in [-0.1, -0.05) is 29.4 Å². The Bertz CT molecular complexity index is 739. The van der Waals surface area contributed by atoms with Gasteiger partial charge in [-0.2, -0.15) is 0 Å². The number of amides is 1. The second-order valence-electron chi connectivity index (χ2n) is 5.74. The van der Waals surface area contributed by atoms with Crippen LogP contribution >= 0.6 is 0 Å². The lowest BCUT2D eigenvalue weighted by atomic mass is 10.0. The van der Waals surface area contributed by atoms with Crippen LogP contribution in [0.2, 0.25) is 0 Å². The van der Waals surface area contributed by atoms with E-state index >= 15 is 0 Å². The lowest BCUT2D eigenvalue weighted by Crippen LogP contribution is -2.30. The first-order valence-corrected chi connectivity index (χ1v) is 7.88. The van der Waals surface area contributed by atoms with Gasteiger partial charge in [-0.15, -0.1) is 0 Å². The Labute approximate surface area is 140 Å². The molecule has 6 heteroatoms. The number of nitrogens with one attached hydrogen (secondary N) is 1. The maximum atomic E-state index is 10.9. The predicted molar refractivity (Wildman–Crippen MR) is 92.3 cm³/mol. The van der Waals surface area contributed by atoms with Crippen molar-refractivity contribution in [3.63, 3.8) is 0 Å². The molecule has 2 aromatic rings. The highest BCUT2D eigenvalue weighted by Gasteiger charge is 2.22. The molecule has 1 aromatic heterocycles. The van der Waals surface area contributed by atoms with Gasteiger partial charge in [-0.25, -0.2) is 0 Å². The summed E-state index contributed by atoms with van der Waals surface area (Å²) in [5, 5.41) is 6.84. The zero-order valence-corrected chi connectivity index (χ0v) is 13.5. The minimum Gasteiger partial charge on any atom is -0.390 e. The van der Waals surface area contributed by atoms with Crippen LogP contribution in [0.5, 0.6) is 0 Å². The molecule has 0 unspecified atom stereocenters. The molecule has 0 saturated heterocycles. The van der Waals surface area contributed by atoms with Gasteiger partial charge in [0.2, 0.25) is 5.91 Å². The summed E-state index contributed by atoms with van der Waals surface area (Å²) in [5.41, 5.74) is 10.4. The zero-order valence-electron chi connectivity index (χ0n) is 13.5. The van der Waals surface area contributed by atoms with Crippen molar-refractivity contribution in [2.75, 3.05) is 6.54 Å². The zero-order chi connectivity index (χ0) is 16.9. The maximum absolute atomic E-state index is 10.9. The van der Waals surface area contributed by atoms with Crippen molar-refractivity contribution in [1.29, 1.82) is 0 Å². The van der Waals surface area contributed by atoms with E-state index in [-0.39, 0.29) is 12.0 Å². The van der Waals surface area contributed by atoms with E-state index in [9.17, 15) is 4.79 Å². The number of pyridine rings is 1. The molecule has 1 aliphatic heterocycles. The topological polar surface area (TPSA) is 89.6 Å². The Morgan fingerprint density at radius 1 is 1.25 bits per heavy atom. The lowest BCUT2D eigenvalue weighted by Gasteiger charge is -2.08. The van der Waals surface area contributed by atoms with Crippen LogP contribution in [0.25, 0.3) is 11.3 Å². The van der Waals surface area contributed by atoms with Gasteiger partial charge in [0.15, 0.2) is 0 Å². The summed E-state index contributed by atoms with van der Waals surface area (Å²) in [6.07, 6.45) is 2.34. The Balaban J connectivity index is 1.65. The molecular weight excluding hydrogens is 304 g/mol. The van der Waals surface area contributed by atoms with Crippen LogP contribution in [-0.4, -0.2) is 29.3 Å². The predicted octanol–water partition coefficient (Wildman–Crippen LogP) is 1.84. The first-order chi connectivity index (χ1) is 11.7. The van der Waals surface area contributed by atoms with Gasteiger partial charge in [0.1, 0.15) is 6.10 Å². The van der Waals surface area contributed by atoms with Gasteiger partial charge in [-0.3, -0.25) is 9.78 Å². The molecular formula is C18H20N4O2. The largest absolute Gasteiger partial charge is 0.390 e. The number of carbonyl (C=O) groups excluding carboxylic acids is 1. The van der Waals surface area contributed by atoms with Crippen LogP contribution < -0.4 is 11.1 Å². The van der Waals surface area contributed by atoms with E-state index in [0.29, 0.717) is 19.5 Å². The average molecular weight is 324 g/mol. The number of aromatic nitrogens is 1. The minimum atomic E-state index is -0.118. The Morgan fingerprint density at radius 2 is 2.00 bits per heavy atom. The van der Waals surface area contributed by atoms with Crippen LogP contribution in [0, 0.1) is 0 Å². The number of benzene rings is 1. The highest BCUT2D eigenvalue weighted by Crippen LogP contribution is 2.20. The van der Waals surface area contributed by atoms with Crippen molar-refractivity contribution < 1.29 is 9.63 Å². The van der Waals surface area contributed by atoms with Crippen LogP contribution in [0.1, 0.15) is 24.5 Å². The molecule has 1 amide bonds. The summed E-state index contributed by atoms with van der Waals surface area (Å²) in [7, 11) is 0. The van der Waals surface area contributed by atoms with Gasteiger partial charge >= 0.3 is 0 Å². The van der Waals surface area contributed by atoms with Crippen molar-refractivity contribution in [1.82, 2.24) is 10.3 Å². The fraction of sp³-hybridized carbons (Fsp3) is 0.278. The van der Waals surface area contributed by atoms with Gasteiger partial charge in [0.25, 0.3) is 0 Å². The van der Waals surface area contributed by atoms with Crippen LogP contribution in [-0.2, 0) is 16.2 Å². The molecule has 1 aromatic carbocycles. The number of nitrogens with zero attached hydrogens (tertiary/aromatic N) is 2. The summed E-state index contributed by atoms with van der Waals surface area (Å²) < 4.78 is 0. The average Bonchev–Trinajstić information content (AvgIpc) is 3.09. The Kier molecular flexibility index (Phi) is 4.86. The van der Waals surface area contributed by atoms with Gasteiger partial charge < -0.3 is 15.9 Å². The summed E-state index contributed by atoms with van der Waals surface area (Å²) >= 11 is 0. The summed E-state index contributed by atoms with van der Waals surface area (Å²) in [5.74, 6) is -0.0706. The van der Waals surface area contributed by atoms with E-state index in [4.69, 9.17) is 10.6 Å². The minimum absolute atomic E-state index is 0.0706. The van der Waals surface area contributed by atoms with Gasteiger partial charge in [0.05, 0.1) is 18.0 Å². The molecule has 0 aliphatic carbocycles. The van der Waals surface area contributed by atoms with Gasteiger partial charge in [-0.05, 0) is 17.7 Å². The second-order valence-corrected chi connectivity index (χ2v) is 5.74. The van der Waals surface area contributed by atoms with E-state index in [1.54, 1.807) is 6.20 Å². The first-order valence-electron chi connectivity index (χ1n) is 7.88. The third-order valence-corrected chi connectivity index (χ3v) is 3.89. The van der Waals surface area contributed by atoms with E-state index in [1.165, 1.54) is 6.92 Å². The number of hydrogen-bond donors (Lipinski definition) is 2. The summed E-state index contributed by atoms with van der Waals surface area (Å²) in [6, 6.07) is 12.0. The number of rotatable bonds is 5. The molecule has 0 saturated carbocycles. The molecule has 1 aliphatic rings. The molecule has 3 rings (SSSR count). The summed E-state index contributed by atoms with van der Waals surface area (Å²) in [4.78, 5) is 20.8. The van der Waals surface area contributed by atoms with Crippen molar-refractivity contribution in [2.24, 2.45) is 10.9 Å². The van der Waals surface area contributed by atoms with E-state index in [0.717, 1.165) is 28.1 Å². The lowest BCUT2D eigenvalue weighted by molar-refractivity contribution is -0.119. The summed E-state index contributed by atoms with van der Waals surface area (Å²) in [6.45, 7) is 2.48. The SMILES string of the molecule is CC(=O)NC[C@H]1CC(c2ccc(-c3ccc(CN)cc3)nc2)=NO1. The molecule has 6 nitrogen and oxygen atoms in total. The van der Waals surface area contributed by atoms with E-state index < -0.39 is 0 Å². The second kappa shape index (κ2) is 7.23. The van der Waals surface area contributed by atoms with Crippen molar-refractivity contribution in [3.05, 3.63) is 53.7 Å². The van der Waals surface area contributed by atoms with Crippen LogP contribution in [0.4, 0.5) is 0 Å². The van der Waals surface area contributed by atoms with Crippen LogP contribution in [0.3, 0.4) is 0 Å². The molecule has 1 atom stereocenters. The maximum Gasteiger partial charge on any atom is 0.217 e. The highest BCUT2D eigenvalue weighted by atomic mass is 16.6. The van der Waals surface area contributed by atoms with Crippen molar-refractivity contribution >= 4 is 11.6 Å². The standard InChI is InChI=1S/C18H20N4O2/c1-12(23)20-11-16-8-18(22-24-16)15-6-7-17(21-10-15)14-4-2-13(9-19)3-5-14/h2-7,10,16H,8-9,11,19H2,1H3,(H,20,23)/t16-/m1/s1. The van der Waals surface area contributed by atoms with Gasteiger partial charge in [0, 0.05) is 37.2 Å². The fourth-order valence-electron chi connectivity index (χ4n) is 2.51. The molecule has 0 fully saturated rings. The number of nitrogens with two attached hydrogens (primary N) is 1. The smallest absolute Gasteiger partial charge is 0.217 e. The van der Waals surface area contributed by atoms with Crippen LogP contribution in [0.15, 0.2) is 47.8 Å². The van der Waals surface area contributed by atoms with E-state index in [2.05, 4.69) is 15.5 Å². The third kappa shape index (κ3) is 3.78. The molecule has 0 spiro atoms. The molecule has 3 N–H and O–H groups in total. The fourth-order valence-corrected chi connectivity index (χ4v) is 2.51. The third-order valence-electron chi connectivity index (χ3n) is 3.89. The normalized spacial score (nSPS) is 16.4. The molecule has 24 heavy (non-hydrogen) atoms. The van der Waals surface area contributed by atoms with E-state index in [1.807, 2.05) is 36.4 Å². The molecule has 0 bridgehead atoms. The first kappa shape index (κ1) is 16.1. The number of hydrogen-bond acceptors (Lipinski definition) is 5. The van der Waals surface area contributed by atoms with Crippen molar-refractivity contribution in [2.45, 2.75) is 26.0 Å². The quantitative estimate of drug-likeness (QED) is 0.878. The highest BCUT2D eigenvalue weighted by molar-refractivity contribution is 6.01. The number of carbonyl (C=O) groups is 1. The molecule has 124 valence electrons. The number of oxime groups is 1. The van der Waals surface area contributed by atoms with Crippen molar-refractivity contribution in [3.8, 4) is 11.3 Å².